The van der Waals surface area contributed by atoms with Crippen molar-refractivity contribution in [1.29, 1.82) is 0 Å². The number of nitrogen functional groups attached to an aromatic ring is 1. The molecule has 1 saturated carbocycles. The second-order valence-electron chi connectivity index (χ2n) is 5.99. The van der Waals surface area contributed by atoms with E-state index in [1.165, 1.54) is 12.8 Å². The number of aromatic nitrogens is 2. The molecule has 1 aromatic heterocycles. The first-order valence-electron chi connectivity index (χ1n) is 7.18. The molecule has 1 aliphatic rings. The average Bonchev–Trinajstić information content (AvgIpc) is 3.17. The van der Waals surface area contributed by atoms with Crippen LogP contribution in [0.3, 0.4) is 0 Å². The highest BCUT2D eigenvalue weighted by Gasteiger charge is 2.31. The maximum absolute atomic E-state index is 6.36. The predicted octanol–water partition coefficient (Wildman–Crippen LogP) is 4.32. The van der Waals surface area contributed by atoms with Gasteiger partial charge in [-0.05, 0) is 30.9 Å². The van der Waals surface area contributed by atoms with E-state index in [0.29, 0.717) is 16.9 Å². The number of halogens is 1. The molecule has 1 fully saturated rings. The molecule has 1 heterocycles. The lowest BCUT2D eigenvalue weighted by atomic mass is 10.1. The molecule has 2 aromatic rings. The van der Waals surface area contributed by atoms with E-state index in [2.05, 4.69) is 18.4 Å². The summed E-state index contributed by atoms with van der Waals surface area (Å²) in [4.78, 5) is 4.82. The minimum atomic E-state index is 0.552. The van der Waals surface area contributed by atoms with Gasteiger partial charge in [-0.3, -0.25) is 0 Å². The van der Waals surface area contributed by atoms with Crippen LogP contribution >= 0.6 is 11.6 Å². The topological polar surface area (TPSA) is 43.8 Å². The second-order valence-corrected chi connectivity index (χ2v) is 6.43. The summed E-state index contributed by atoms with van der Waals surface area (Å²) in [5.41, 5.74) is 8.23. The van der Waals surface area contributed by atoms with Gasteiger partial charge in [-0.15, -0.1) is 0 Å². The van der Waals surface area contributed by atoms with E-state index in [1.54, 1.807) is 0 Å². The molecule has 3 rings (SSSR count). The van der Waals surface area contributed by atoms with Gasteiger partial charge in [-0.1, -0.05) is 37.6 Å². The van der Waals surface area contributed by atoms with Crippen molar-refractivity contribution in [2.45, 2.75) is 39.2 Å². The van der Waals surface area contributed by atoms with Crippen molar-refractivity contribution in [2.24, 2.45) is 5.92 Å². The van der Waals surface area contributed by atoms with Gasteiger partial charge in [0.2, 0.25) is 0 Å². The Morgan fingerprint density at radius 3 is 2.75 bits per heavy atom. The maximum Gasteiger partial charge on any atom is 0.131 e. The first kappa shape index (κ1) is 13.5. The van der Waals surface area contributed by atoms with Gasteiger partial charge in [-0.2, -0.15) is 0 Å². The number of nitrogens with zero attached hydrogens (tertiary/aromatic N) is 2. The molecule has 3 nitrogen and oxygen atoms in total. The van der Waals surface area contributed by atoms with Crippen LogP contribution in [0.5, 0.6) is 0 Å². The number of hydrogen-bond acceptors (Lipinski definition) is 2. The van der Waals surface area contributed by atoms with E-state index < -0.39 is 0 Å². The zero-order valence-corrected chi connectivity index (χ0v) is 12.7. The fourth-order valence-electron chi connectivity index (χ4n) is 2.54. The third-order valence-electron chi connectivity index (χ3n) is 3.62. The highest BCUT2D eigenvalue weighted by Crippen LogP contribution is 2.42. The van der Waals surface area contributed by atoms with Gasteiger partial charge in [0.1, 0.15) is 17.3 Å². The molecule has 2 N–H and O–H groups in total. The molecular weight excluding hydrogens is 270 g/mol. The monoisotopic (exact) mass is 289 g/mol. The minimum Gasteiger partial charge on any atom is -0.383 e. The lowest BCUT2D eigenvalue weighted by Crippen LogP contribution is -2.10. The van der Waals surface area contributed by atoms with Gasteiger partial charge in [0.25, 0.3) is 0 Å². The number of rotatable bonds is 4. The van der Waals surface area contributed by atoms with Gasteiger partial charge in [0.05, 0.1) is 0 Å². The molecule has 0 bridgehead atoms. The van der Waals surface area contributed by atoms with E-state index in [0.717, 1.165) is 29.4 Å². The molecule has 1 aliphatic carbocycles. The SMILES string of the molecule is CC(C)Cn1c(C2CC2)nc(-c2cccc(Cl)c2)c1N. The molecule has 106 valence electrons. The molecule has 0 amide bonds. The van der Waals surface area contributed by atoms with Crippen molar-refractivity contribution in [3.05, 3.63) is 35.1 Å². The van der Waals surface area contributed by atoms with Gasteiger partial charge < -0.3 is 10.3 Å². The Balaban J connectivity index is 2.07. The first-order chi connectivity index (χ1) is 9.56. The molecule has 4 heteroatoms. The fraction of sp³-hybridized carbons (Fsp3) is 0.438. The number of nitrogens with two attached hydrogens (primary N) is 1. The van der Waals surface area contributed by atoms with E-state index in [9.17, 15) is 0 Å². The van der Waals surface area contributed by atoms with Crippen molar-refractivity contribution in [3.63, 3.8) is 0 Å². The quantitative estimate of drug-likeness (QED) is 0.911. The van der Waals surface area contributed by atoms with Crippen LogP contribution in [0.15, 0.2) is 24.3 Å². The van der Waals surface area contributed by atoms with Gasteiger partial charge in [-0.25, -0.2) is 4.98 Å². The van der Waals surface area contributed by atoms with Gasteiger partial charge in [0.15, 0.2) is 0 Å². The van der Waals surface area contributed by atoms with Crippen molar-refractivity contribution < 1.29 is 0 Å². The van der Waals surface area contributed by atoms with Gasteiger partial charge >= 0.3 is 0 Å². The Morgan fingerprint density at radius 1 is 1.40 bits per heavy atom. The maximum atomic E-state index is 6.36. The standard InChI is InChI=1S/C16H20ClN3/c1-10(2)9-20-15(18)14(19-16(20)11-6-7-11)12-4-3-5-13(17)8-12/h3-5,8,10-11H,6-7,9,18H2,1-2H3. The van der Waals surface area contributed by atoms with Crippen LogP contribution in [0.25, 0.3) is 11.3 Å². The third-order valence-corrected chi connectivity index (χ3v) is 3.86. The highest BCUT2D eigenvalue weighted by molar-refractivity contribution is 6.30. The van der Waals surface area contributed by atoms with Crippen LogP contribution in [0, 0.1) is 5.92 Å². The van der Waals surface area contributed by atoms with Crippen molar-refractivity contribution in [1.82, 2.24) is 9.55 Å². The summed E-state index contributed by atoms with van der Waals surface area (Å²) in [5, 5.41) is 0.716. The smallest absolute Gasteiger partial charge is 0.131 e. The van der Waals surface area contributed by atoms with Crippen LogP contribution in [0.4, 0.5) is 5.82 Å². The Morgan fingerprint density at radius 2 is 2.15 bits per heavy atom. The molecule has 0 unspecified atom stereocenters. The molecule has 0 aliphatic heterocycles. The minimum absolute atomic E-state index is 0.552. The van der Waals surface area contributed by atoms with E-state index >= 15 is 0 Å². The third kappa shape index (κ3) is 2.55. The van der Waals surface area contributed by atoms with E-state index in [4.69, 9.17) is 22.3 Å². The molecular formula is C16H20ClN3. The summed E-state index contributed by atoms with van der Waals surface area (Å²) in [7, 11) is 0. The molecule has 0 atom stereocenters. The Bertz CT molecular complexity index is 627. The van der Waals surface area contributed by atoms with Crippen LogP contribution in [0.1, 0.15) is 38.4 Å². The summed E-state index contributed by atoms with van der Waals surface area (Å²) < 4.78 is 2.19. The predicted molar refractivity (Wildman–Crippen MR) is 83.9 cm³/mol. The Labute approximate surface area is 124 Å². The molecule has 0 saturated heterocycles. The normalized spacial score (nSPS) is 15.0. The van der Waals surface area contributed by atoms with E-state index in [-0.39, 0.29) is 0 Å². The summed E-state index contributed by atoms with van der Waals surface area (Å²) in [5.74, 6) is 3.05. The number of benzene rings is 1. The zero-order chi connectivity index (χ0) is 14.3. The molecule has 20 heavy (non-hydrogen) atoms. The van der Waals surface area contributed by atoms with Crippen LogP contribution in [-0.2, 0) is 6.54 Å². The fourth-order valence-corrected chi connectivity index (χ4v) is 2.73. The number of imidazole rings is 1. The van der Waals surface area contributed by atoms with E-state index in [1.807, 2.05) is 24.3 Å². The van der Waals surface area contributed by atoms with Gasteiger partial charge in [0, 0.05) is 23.0 Å². The average molecular weight is 290 g/mol. The molecule has 0 radical (unpaired) electrons. The zero-order valence-electron chi connectivity index (χ0n) is 11.9. The highest BCUT2D eigenvalue weighted by atomic mass is 35.5. The summed E-state index contributed by atoms with van der Waals surface area (Å²) in [6.07, 6.45) is 2.45. The second kappa shape index (κ2) is 5.13. The van der Waals surface area contributed by atoms with Crippen LogP contribution in [-0.4, -0.2) is 9.55 Å². The summed E-state index contributed by atoms with van der Waals surface area (Å²) >= 11 is 6.08. The molecule has 1 aromatic carbocycles. The van der Waals surface area contributed by atoms with Crippen molar-refractivity contribution in [2.75, 3.05) is 5.73 Å². The summed E-state index contributed by atoms with van der Waals surface area (Å²) in [6.45, 7) is 5.33. The van der Waals surface area contributed by atoms with Crippen molar-refractivity contribution in [3.8, 4) is 11.3 Å². The number of anilines is 1. The molecule has 0 spiro atoms. The van der Waals surface area contributed by atoms with Crippen molar-refractivity contribution >= 4 is 17.4 Å². The Hall–Kier alpha value is -1.48. The lowest BCUT2D eigenvalue weighted by molar-refractivity contribution is 0.512. The lowest BCUT2D eigenvalue weighted by Gasteiger charge is -2.11. The largest absolute Gasteiger partial charge is 0.383 e. The van der Waals surface area contributed by atoms with Crippen LogP contribution < -0.4 is 5.73 Å². The van der Waals surface area contributed by atoms with Crippen LogP contribution in [0.2, 0.25) is 5.02 Å². The summed E-state index contributed by atoms with van der Waals surface area (Å²) in [6, 6.07) is 7.75. The first-order valence-corrected chi connectivity index (χ1v) is 7.56. The number of hydrogen-bond donors (Lipinski definition) is 1. The Kier molecular flexibility index (Phi) is 3.47.